The SMILES string of the molecule is Cc1cc(N(C)CC2C3CNCC32)ncn1. The molecule has 0 amide bonds. The van der Waals surface area contributed by atoms with Crippen molar-refractivity contribution in [3.63, 3.8) is 0 Å². The average Bonchev–Trinajstić information content (AvgIpc) is 2.74. The van der Waals surface area contributed by atoms with E-state index in [0.717, 1.165) is 35.8 Å². The van der Waals surface area contributed by atoms with Gasteiger partial charge < -0.3 is 10.2 Å². The molecule has 3 rings (SSSR count). The largest absolute Gasteiger partial charge is 0.359 e. The number of hydrogen-bond donors (Lipinski definition) is 1. The maximum atomic E-state index is 4.31. The van der Waals surface area contributed by atoms with Gasteiger partial charge in [0, 0.05) is 25.4 Å². The van der Waals surface area contributed by atoms with Gasteiger partial charge >= 0.3 is 0 Å². The number of aromatic nitrogens is 2. The van der Waals surface area contributed by atoms with Crippen molar-refractivity contribution in [2.45, 2.75) is 6.92 Å². The Hall–Kier alpha value is -1.16. The Morgan fingerprint density at radius 1 is 1.38 bits per heavy atom. The normalized spacial score (nSPS) is 31.2. The van der Waals surface area contributed by atoms with Crippen molar-refractivity contribution in [2.24, 2.45) is 17.8 Å². The van der Waals surface area contributed by atoms with Crippen molar-refractivity contribution < 1.29 is 0 Å². The Bertz CT molecular complexity index is 382. The quantitative estimate of drug-likeness (QED) is 0.810. The zero-order valence-corrected chi connectivity index (χ0v) is 9.85. The highest BCUT2D eigenvalue weighted by Gasteiger charge is 2.52. The molecule has 2 aliphatic rings. The summed E-state index contributed by atoms with van der Waals surface area (Å²) in [4.78, 5) is 10.7. The summed E-state index contributed by atoms with van der Waals surface area (Å²) in [6.45, 7) is 5.57. The number of rotatable bonds is 3. The van der Waals surface area contributed by atoms with E-state index in [9.17, 15) is 0 Å². The molecule has 86 valence electrons. The standard InChI is InChI=1S/C12H18N4/c1-8-3-12(15-7-14-8)16(2)6-11-9-4-13-5-10(9)11/h3,7,9-11,13H,4-6H2,1-2H3. The topological polar surface area (TPSA) is 41.0 Å². The van der Waals surface area contributed by atoms with Crippen molar-refractivity contribution in [1.82, 2.24) is 15.3 Å². The van der Waals surface area contributed by atoms with E-state index < -0.39 is 0 Å². The number of nitrogens with zero attached hydrogens (tertiary/aromatic N) is 3. The second kappa shape index (κ2) is 3.70. The van der Waals surface area contributed by atoms with Crippen LogP contribution in [0.25, 0.3) is 0 Å². The molecule has 4 nitrogen and oxygen atoms in total. The van der Waals surface area contributed by atoms with Crippen LogP contribution in [-0.2, 0) is 0 Å². The zero-order chi connectivity index (χ0) is 11.1. The summed E-state index contributed by atoms with van der Waals surface area (Å²) in [5, 5.41) is 3.43. The van der Waals surface area contributed by atoms with Gasteiger partial charge in [-0.15, -0.1) is 0 Å². The number of anilines is 1. The summed E-state index contributed by atoms with van der Waals surface area (Å²) < 4.78 is 0. The zero-order valence-electron chi connectivity index (χ0n) is 9.85. The number of nitrogens with one attached hydrogen (secondary N) is 1. The number of hydrogen-bond acceptors (Lipinski definition) is 4. The molecule has 0 aromatic carbocycles. The average molecular weight is 218 g/mol. The molecule has 1 aromatic rings. The van der Waals surface area contributed by atoms with E-state index in [1.165, 1.54) is 13.1 Å². The first-order valence-electron chi connectivity index (χ1n) is 5.96. The Kier molecular flexibility index (Phi) is 2.32. The maximum Gasteiger partial charge on any atom is 0.131 e. The molecular weight excluding hydrogens is 200 g/mol. The van der Waals surface area contributed by atoms with Crippen molar-refractivity contribution in [3.05, 3.63) is 18.1 Å². The van der Waals surface area contributed by atoms with E-state index in [4.69, 9.17) is 0 Å². The summed E-state index contributed by atoms with van der Waals surface area (Å²) in [5.41, 5.74) is 1.04. The molecule has 1 saturated carbocycles. The lowest BCUT2D eigenvalue weighted by atomic mass is 10.2. The molecule has 4 heteroatoms. The fourth-order valence-corrected chi connectivity index (χ4v) is 2.88. The van der Waals surface area contributed by atoms with Gasteiger partial charge in [0.25, 0.3) is 0 Å². The predicted octanol–water partition coefficient (Wildman–Crippen LogP) is 0.687. The highest BCUT2D eigenvalue weighted by atomic mass is 15.2. The van der Waals surface area contributed by atoms with Gasteiger partial charge in [-0.25, -0.2) is 9.97 Å². The van der Waals surface area contributed by atoms with Crippen LogP contribution in [-0.4, -0.2) is 36.6 Å². The molecule has 1 aromatic heterocycles. The van der Waals surface area contributed by atoms with Gasteiger partial charge in [0.1, 0.15) is 12.1 Å². The molecule has 1 N–H and O–H groups in total. The fraction of sp³-hybridized carbons (Fsp3) is 0.667. The molecule has 1 saturated heterocycles. The van der Waals surface area contributed by atoms with Crippen LogP contribution in [0.3, 0.4) is 0 Å². The van der Waals surface area contributed by atoms with Gasteiger partial charge in [0.05, 0.1) is 0 Å². The summed E-state index contributed by atoms with van der Waals surface area (Å²) in [7, 11) is 2.13. The highest BCUT2D eigenvalue weighted by molar-refractivity contribution is 5.38. The third-order valence-electron chi connectivity index (χ3n) is 3.93. The molecule has 2 heterocycles. The molecular formula is C12H18N4. The van der Waals surface area contributed by atoms with E-state index in [0.29, 0.717) is 0 Å². The molecule has 0 radical (unpaired) electrons. The van der Waals surface area contributed by atoms with E-state index in [1.807, 2.05) is 6.92 Å². The monoisotopic (exact) mass is 218 g/mol. The lowest BCUT2D eigenvalue weighted by Crippen LogP contribution is -2.26. The molecule has 2 unspecified atom stereocenters. The van der Waals surface area contributed by atoms with Crippen LogP contribution in [0.15, 0.2) is 12.4 Å². The van der Waals surface area contributed by atoms with Gasteiger partial charge in [-0.1, -0.05) is 0 Å². The first kappa shape index (κ1) is 10.0. The van der Waals surface area contributed by atoms with E-state index >= 15 is 0 Å². The van der Waals surface area contributed by atoms with Crippen LogP contribution in [0.4, 0.5) is 5.82 Å². The molecule has 1 aliphatic carbocycles. The van der Waals surface area contributed by atoms with E-state index in [1.54, 1.807) is 6.33 Å². The van der Waals surface area contributed by atoms with Gasteiger partial charge in [-0.3, -0.25) is 0 Å². The van der Waals surface area contributed by atoms with Crippen LogP contribution >= 0.6 is 0 Å². The summed E-state index contributed by atoms with van der Waals surface area (Å²) in [5.74, 6) is 3.77. The van der Waals surface area contributed by atoms with Crippen molar-refractivity contribution in [2.75, 3.05) is 31.6 Å². The first-order chi connectivity index (χ1) is 7.75. The first-order valence-corrected chi connectivity index (χ1v) is 5.96. The number of aryl methyl sites for hydroxylation is 1. The van der Waals surface area contributed by atoms with Gasteiger partial charge in [0.2, 0.25) is 0 Å². The molecule has 0 bridgehead atoms. The fourth-order valence-electron chi connectivity index (χ4n) is 2.88. The third kappa shape index (κ3) is 1.67. The molecule has 2 atom stereocenters. The lowest BCUT2D eigenvalue weighted by Gasteiger charge is -2.19. The smallest absolute Gasteiger partial charge is 0.131 e. The Morgan fingerprint density at radius 2 is 2.12 bits per heavy atom. The highest BCUT2D eigenvalue weighted by Crippen LogP contribution is 2.48. The Labute approximate surface area is 96.1 Å². The molecule has 0 spiro atoms. The molecule has 16 heavy (non-hydrogen) atoms. The van der Waals surface area contributed by atoms with E-state index in [2.05, 4.69) is 33.3 Å². The second-order valence-corrected chi connectivity index (χ2v) is 5.05. The minimum Gasteiger partial charge on any atom is -0.359 e. The lowest BCUT2D eigenvalue weighted by molar-refractivity contribution is 0.590. The molecule has 1 aliphatic heterocycles. The molecule has 2 fully saturated rings. The summed E-state index contributed by atoms with van der Waals surface area (Å²) in [6, 6.07) is 2.05. The van der Waals surface area contributed by atoms with Crippen molar-refractivity contribution >= 4 is 5.82 Å². The Balaban J connectivity index is 1.63. The number of fused-ring (bicyclic) bond motifs is 1. The van der Waals surface area contributed by atoms with E-state index in [-0.39, 0.29) is 0 Å². The van der Waals surface area contributed by atoms with Gasteiger partial charge in [-0.2, -0.15) is 0 Å². The van der Waals surface area contributed by atoms with Crippen LogP contribution in [0, 0.1) is 24.7 Å². The van der Waals surface area contributed by atoms with Crippen LogP contribution in [0.2, 0.25) is 0 Å². The van der Waals surface area contributed by atoms with Crippen molar-refractivity contribution in [3.8, 4) is 0 Å². The van der Waals surface area contributed by atoms with Crippen LogP contribution < -0.4 is 10.2 Å². The Morgan fingerprint density at radius 3 is 2.81 bits per heavy atom. The maximum absolute atomic E-state index is 4.31. The van der Waals surface area contributed by atoms with Crippen LogP contribution in [0.5, 0.6) is 0 Å². The van der Waals surface area contributed by atoms with Crippen LogP contribution in [0.1, 0.15) is 5.69 Å². The van der Waals surface area contributed by atoms with Gasteiger partial charge in [0.15, 0.2) is 0 Å². The van der Waals surface area contributed by atoms with Gasteiger partial charge in [-0.05, 0) is 37.8 Å². The number of piperidine rings is 1. The van der Waals surface area contributed by atoms with Crippen molar-refractivity contribution in [1.29, 1.82) is 0 Å². The summed E-state index contributed by atoms with van der Waals surface area (Å²) in [6.07, 6.45) is 1.65. The minimum atomic E-state index is 0.876. The summed E-state index contributed by atoms with van der Waals surface area (Å²) >= 11 is 0. The third-order valence-corrected chi connectivity index (χ3v) is 3.93. The second-order valence-electron chi connectivity index (χ2n) is 5.05. The predicted molar refractivity (Wildman–Crippen MR) is 63.4 cm³/mol. The minimum absolute atomic E-state index is 0.876.